The van der Waals surface area contributed by atoms with Gasteiger partial charge in [0.25, 0.3) is 0 Å². The molecule has 2 aromatic rings. The zero-order valence-corrected chi connectivity index (χ0v) is 16.2. The van der Waals surface area contributed by atoms with Crippen LogP contribution < -0.4 is 0 Å². The maximum Gasteiger partial charge on any atom is 0.410 e. The van der Waals surface area contributed by atoms with Crippen molar-refractivity contribution in [3.05, 3.63) is 75.6 Å². The molecular weight excluding hydrogens is 360 g/mol. The minimum absolute atomic E-state index is 0.125. The van der Waals surface area contributed by atoms with Crippen LogP contribution in [0.25, 0.3) is 0 Å². The van der Waals surface area contributed by atoms with E-state index in [1.807, 2.05) is 25.3 Å². The smallest absolute Gasteiger partial charge is 0.410 e. The molecule has 4 rings (SSSR count). The molecule has 0 fully saturated rings. The third kappa shape index (κ3) is 3.59. The number of rotatable bonds is 2. The second-order valence-corrected chi connectivity index (χ2v) is 7.43. The molecule has 0 spiro atoms. The Morgan fingerprint density at radius 3 is 2.89 bits per heavy atom. The van der Waals surface area contributed by atoms with E-state index in [2.05, 4.69) is 24.3 Å². The summed E-state index contributed by atoms with van der Waals surface area (Å²) in [5.74, 6) is 0.125. The fraction of sp³-hybridized carbons (Fsp3) is 0.364. The van der Waals surface area contributed by atoms with E-state index in [-0.39, 0.29) is 12.0 Å². The minimum atomic E-state index is -0.237. The lowest BCUT2D eigenvalue weighted by Gasteiger charge is -2.30. The van der Waals surface area contributed by atoms with Crippen LogP contribution >= 0.6 is 11.6 Å². The lowest BCUT2D eigenvalue weighted by Crippen LogP contribution is -2.36. The molecule has 0 saturated carbocycles. The summed E-state index contributed by atoms with van der Waals surface area (Å²) in [4.78, 5) is 18.5. The molecule has 0 bridgehead atoms. The van der Waals surface area contributed by atoms with E-state index in [1.165, 1.54) is 22.3 Å². The van der Waals surface area contributed by atoms with Gasteiger partial charge in [0.2, 0.25) is 0 Å². The maximum absolute atomic E-state index is 12.0. The zero-order chi connectivity index (χ0) is 18.8. The van der Waals surface area contributed by atoms with Crippen LogP contribution in [0.1, 0.15) is 41.6 Å². The van der Waals surface area contributed by atoms with Crippen LogP contribution in [-0.2, 0) is 17.6 Å². The number of amides is 1. The number of hydrogen-bond donors (Lipinski definition) is 0. The SMILES string of the molecule is CCOC(=O)N1CC=C(C2c3ccc(Cl)cc3CCc3cccnc32)CC1. The van der Waals surface area contributed by atoms with Crippen molar-refractivity contribution in [3.63, 3.8) is 0 Å². The molecule has 1 aliphatic carbocycles. The van der Waals surface area contributed by atoms with Crippen LogP contribution in [0.4, 0.5) is 4.79 Å². The summed E-state index contributed by atoms with van der Waals surface area (Å²) < 4.78 is 5.14. The van der Waals surface area contributed by atoms with Gasteiger partial charge in [0, 0.05) is 30.2 Å². The molecule has 140 valence electrons. The Morgan fingerprint density at radius 1 is 1.26 bits per heavy atom. The largest absolute Gasteiger partial charge is 0.450 e. The van der Waals surface area contributed by atoms with E-state index in [1.54, 1.807) is 4.90 Å². The van der Waals surface area contributed by atoms with Gasteiger partial charge in [-0.15, -0.1) is 0 Å². The van der Waals surface area contributed by atoms with Crippen molar-refractivity contribution in [1.29, 1.82) is 0 Å². The first-order chi connectivity index (χ1) is 13.2. The van der Waals surface area contributed by atoms with Crippen LogP contribution in [0.2, 0.25) is 5.02 Å². The van der Waals surface area contributed by atoms with Gasteiger partial charge in [-0.2, -0.15) is 0 Å². The number of pyridine rings is 1. The highest BCUT2D eigenvalue weighted by Crippen LogP contribution is 2.40. The van der Waals surface area contributed by atoms with Gasteiger partial charge in [-0.25, -0.2) is 4.79 Å². The summed E-state index contributed by atoms with van der Waals surface area (Å²) in [6, 6.07) is 10.4. The Morgan fingerprint density at radius 2 is 2.11 bits per heavy atom. The second-order valence-electron chi connectivity index (χ2n) is 7.00. The Bertz CT molecular complexity index is 894. The van der Waals surface area contributed by atoms with Gasteiger partial charge in [-0.1, -0.05) is 35.4 Å². The first-order valence-electron chi connectivity index (χ1n) is 9.50. The fourth-order valence-electron chi connectivity index (χ4n) is 4.11. The van der Waals surface area contributed by atoms with Crippen LogP contribution in [0, 0.1) is 0 Å². The van der Waals surface area contributed by atoms with Crippen molar-refractivity contribution in [1.82, 2.24) is 9.88 Å². The normalized spacial score (nSPS) is 18.8. The predicted molar refractivity (Wildman–Crippen MR) is 106 cm³/mol. The summed E-state index contributed by atoms with van der Waals surface area (Å²) >= 11 is 6.27. The number of nitrogens with zero attached hydrogens (tertiary/aromatic N) is 2. The number of hydrogen-bond acceptors (Lipinski definition) is 3. The molecule has 2 heterocycles. The fourth-order valence-corrected chi connectivity index (χ4v) is 4.31. The van der Waals surface area contributed by atoms with Gasteiger partial charge in [0.1, 0.15) is 0 Å². The molecule has 1 unspecified atom stereocenters. The molecule has 27 heavy (non-hydrogen) atoms. The predicted octanol–water partition coefficient (Wildman–Crippen LogP) is 4.75. The van der Waals surface area contributed by atoms with Crippen molar-refractivity contribution in [2.24, 2.45) is 0 Å². The van der Waals surface area contributed by atoms with Gasteiger partial charge >= 0.3 is 6.09 Å². The molecule has 0 N–H and O–H groups in total. The molecule has 2 aliphatic rings. The first-order valence-corrected chi connectivity index (χ1v) is 9.88. The van der Waals surface area contributed by atoms with Gasteiger partial charge < -0.3 is 9.64 Å². The van der Waals surface area contributed by atoms with Crippen LogP contribution in [0.3, 0.4) is 0 Å². The number of halogens is 1. The molecule has 1 aliphatic heterocycles. The summed E-state index contributed by atoms with van der Waals surface area (Å²) in [6.45, 7) is 3.49. The highest BCUT2D eigenvalue weighted by atomic mass is 35.5. The minimum Gasteiger partial charge on any atom is -0.450 e. The number of benzene rings is 1. The van der Waals surface area contributed by atoms with Crippen molar-refractivity contribution in [3.8, 4) is 0 Å². The summed E-state index contributed by atoms with van der Waals surface area (Å²) in [6.07, 6.45) is 6.57. The van der Waals surface area contributed by atoms with E-state index >= 15 is 0 Å². The highest BCUT2D eigenvalue weighted by Gasteiger charge is 2.30. The summed E-state index contributed by atoms with van der Waals surface area (Å²) in [5.41, 5.74) is 6.32. The first kappa shape index (κ1) is 18.1. The topological polar surface area (TPSA) is 42.4 Å². The molecule has 1 aromatic carbocycles. The lowest BCUT2D eigenvalue weighted by atomic mass is 9.82. The standard InChI is InChI=1S/C22H23ClN2O2/c1-2-27-22(26)25-12-9-15(10-13-25)20-19-8-7-18(23)14-17(19)6-5-16-4-3-11-24-21(16)20/h3-4,7-9,11,14,20H,2,5-6,10,12-13H2,1H3. The Balaban J connectivity index is 1.73. The number of aryl methyl sites for hydroxylation is 2. The average Bonchev–Trinajstić information content (AvgIpc) is 2.85. The molecule has 0 saturated heterocycles. The van der Waals surface area contributed by atoms with Crippen molar-refractivity contribution >= 4 is 17.7 Å². The van der Waals surface area contributed by atoms with E-state index in [9.17, 15) is 4.79 Å². The molecule has 1 amide bonds. The second kappa shape index (κ2) is 7.73. The summed E-state index contributed by atoms with van der Waals surface area (Å²) in [5, 5.41) is 0.775. The van der Waals surface area contributed by atoms with E-state index in [0.29, 0.717) is 19.7 Å². The third-order valence-electron chi connectivity index (χ3n) is 5.42. The number of ether oxygens (including phenoxy) is 1. The molecule has 4 nitrogen and oxygen atoms in total. The molecule has 0 radical (unpaired) electrons. The van der Waals surface area contributed by atoms with Crippen LogP contribution in [0.5, 0.6) is 0 Å². The van der Waals surface area contributed by atoms with Crippen molar-refractivity contribution in [2.45, 2.75) is 32.1 Å². The zero-order valence-electron chi connectivity index (χ0n) is 15.5. The highest BCUT2D eigenvalue weighted by molar-refractivity contribution is 6.30. The third-order valence-corrected chi connectivity index (χ3v) is 5.66. The quantitative estimate of drug-likeness (QED) is 0.703. The maximum atomic E-state index is 12.0. The number of fused-ring (bicyclic) bond motifs is 2. The molecule has 1 atom stereocenters. The van der Waals surface area contributed by atoms with Gasteiger partial charge in [0.15, 0.2) is 0 Å². The summed E-state index contributed by atoms with van der Waals surface area (Å²) in [7, 11) is 0. The van der Waals surface area contributed by atoms with Crippen LogP contribution in [0.15, 0.2) is 48.2 Å². The molecule has 1 aromatic heterocycles. The van der Waals surface area contributed by atoms with Gasteiger partial charge in [-0.05, 0) is 61.1 Å². The van der Waals surface area contributed by atoms with Gasteiger partial charge in [0.05, 0.1) is 12.3 Å². The molecule has 5 heteroatoms. The lowest BCUT2D eigenvalue weighted by molar-refractivity contribution is 0.110. The Hall–Kier alpha value is -2.33. The Labute approximate surface area is 164 Å². The number of aromatic nitrogens is 1. The Kier molecular flexibility index (Phi) is 5.17. The van der Waals surface area contributed by atoms with E-state index in [4.69, 9.17) is 21.3 Å². The number of carbonyl (C=O) groups is 1. The van der Waals surface area contributed by atoms with Gasteiger partial charge in [-0.3, -0.25) is 4.98 Å². The number of carbonyl (C=O) groups excluding carboxylic acids is 1. The van der Waals surface area contributed by atoms with Crippen LogP contribution in [-0.4, -0.2) is 35.7 Å². The monoisotopic (exact) mass is 382 g/mol. The molecular formula is C22H23ClN2O2. The average molecular weight is 383 g/mol. The van der Waals surface area contributed by atoms with Crippen molar-refractivity contribution < 1.29 is 9.53 Å². The van der Waals surface area contributed by atoms with Crippen molar-refractivity contribution in [2.75, 3.05) is 19.7 Å². The van der Waals surface area contributed by atoms with E-state index < -0.39 is 0 Å². The van der Waals surface area contributed by atoms with E-state index in [0.717, 1.165) is 30.0 Å².